The van der Waals surface area contributed by atoms with Crippen LogP contribution >= 0.6 is 0 Å². The molecule has 3 heteroatoms. The van der Waals surface area contributed by atoms with Crippen LogP contribution in [-0.4, -0.2) is 18.8 Å². The molecular formula is C8H13NO2. The van der Waals surface area contributed by atoms with Crippen molar-refractivity contribution in [3.05, 3.63) is 11.8 Å². The van der Waals surface area contributed by atoms with Crippen LogP contribution in [0.3, 0.4) is 0 Å². The van der Waals surface area contributed by atoms with E-state index in [0.29, 0.717) is 12.2 Å². The molecule has 0 rings (SSSR count). The summed E-state index contributed by atoms with van der Waals surface area (Å²) in [6.07, 6.45) is 3.10. The molecule has 0 N–H and O–H groups in total. The summed E-state index contributed by atoms with van der Waals surface area (Å²) in [5.41, 5.74) is 0.518. The molecule has 0 aliphatic rings. The van der Waals surface area contributed by atoms with Crippen molar-refractivity contribution >= 4 is 12.2 Å². The normalized spacial score (nSPS) is 12.1. The third-order valence-corrected chi connectivity index (χ3v) is 1.01. The van der Waals surface area contributed by atoms with Gasteiger partial charge >= 0.3 is 5.97 Å². The SMILES string of the molecule is CC=N/C=C(\C)C(=O)OCC. The first kappa shape index (κ1) is 9.88. The van der Waals surface area contributed by atoms with E-state index in [4.69, 9.17) is 4.74 Å². The molecule has 0 unspecified atom stereocenters. The largest absolute Gasteiger partial charge is 0.463 e. The predicted molar refractivity (Wildman–Crippen MR) is 44.6 cm³/mol. The van der Waals surface area contributed by atoms with E-state index in [9.17, 15) is 4.79 Å². The third-order valence-electron chi connectivity index (χ3n) is 1.01. The number of hydrogen-bond donors (Lipinski definition) is 0. The summed E-state index contributed by atoms with van der Waals surface area (Å²) in [6.45, 7) is 5.63. The summed E-state index contributed by atoms with van der Waals surface area (Å²) in [7, 11) is 0. The lowest BCUT2D eigenvalue weighted by molar-refractivity contribution is -0.138. The molecule has 0 aromatic rings. The van der Waals surface area contributed by atoms with Crippen LogP contribution in [0.4, 0.5) is 0 Å². The van der Waals surface area contributed by atoms with E-state index < -0.39 is 0 Å². The molecule has 0 amide bonds. The van der Waals surface area contributed by atoms with Crippen molar-refractivity contribution in [2.45, 2.75) is 20.8 Å². The Balaban J connectivity index is 4.00. The maximum absolute atomic E-state index is 10.9. The number of ether oxygens (including phenoxy) is 1. The summed E-state index contributed by atoms with van der Waals surface area (Å²) in [4.78, 5) is 14.7. The molecule has 0 aromatic carbocycles. The average Bonchev–Trinajstić information content (AvgIpc) is 2.00. The molecule has 0 atom stereocenters. The second-order valence-corrected chi connectivity index (χ2v) is 1.94. The second-order valence-electron chi connectivity index (χ2n) is 1.94. The Kier molecular flexibility index (Phi) is 5.07. The molecule has 0 saturated heterocycles. The van der Waals surface area contributed by atoms with Gasteiger partial charge in [-0.05, 0) is 20.8 Å². The molecule has 0 bridgehead atoms. The first-order chi connectivity index (χ1) is 5.22. The number of aliphatic imine (C=N–C) groups is 1. The number of esters is 1. The summed E-state index contributed by atoms with van der Waals surface area (Å²) in [5.74, 6) is -0.307. The highest BCUT2D eigenvalue weighted by molar-refractivity contribution is 5.87. The summed E-state index contributed by atoms with van der Waals surface area (Å²) in [6, 6.07) is 0. The van der Waals surface area contributed by atoms with E-state index in [0.717, 1.165) is 0 Å². The molecule has 0 aromatic heterocycles. The van der Waals surface area contributed by atoms with E-state index >= 15 is 0 Å². The van der Waals surface area contributed by atoms with Gasteiger partial charge in [0.25, 0.3) is 0 Å². The van der Waals surface area contributed by atoms with Crippen molar-refractivity contribution in [3.8, 4) is 0 Å². The highest BCUT2D eigenvalue weighted by Gasteiger charge is 2.01. The maximum atomic E-state index is 10.9. The second kappa shape index (κ2) is 5.65. The van der Waals surface area contributed by atoms with Crippen molar-refractivity contribution in [1.29, 1.82) is 0 Å². The van der Waals surface area contributed by atoms with Crippen LogP contribution in [0, 0.1) is 0 Å². The molecule has 0 radical (unpaired) electrons. The van der Waals surface area contributed by atoms with Gasteiger partial charge in [-0.2, -0.15) is 0 Å². The van der Waals surface area contributed by atoms with Gasteiger partial charge in [0, 0.05) is 12.4 Å². The molecule has 0 heterocycles. The molecule has 0 saturated carbocycles. The van der Waals surface area contributed by atoms with Crippen molar-refractivity contribution in [3.63, 3.8) is 0 Å². The molecule has 0 aliphatic heterocycles. The lowest BCUT2D eigenvalue weighted by Gasteiger charge is -1.98. The first-order valence-electron chi connectivity index (χ1n) is 3.54. The monoisotopic (exact) mass is 155 g/mol. The quantitative estimate of drug-likeness (QED) is 0.352. The van der Waals surface area contributed by atoms with Gasteiger partial charge in [-0.15, -0.1) is 0 Å². The molecule has 3 nitrogen and oxygen atoms in total. The minimum Gasteiger partial charge on any atom is -0.463 e. The minimum atomic E-state index is -0.307. The molecule has 0 fully saturated rings. The number of rotatable bonds is 3. The molecular weight excluding hydrogens is 142 g/mol. The van der Waals surface area contributed by atoms with Gasteiger partial charge in [-0.25, -0.2) is 4.79 Å². The summed E-state index contributed by atoms with van der Waals surface area (Å²) >= 11 is 0. The number of carbonyl (C=O) groups excluding carboxylic acids is 1. The van der Waals surface area contributed by atoms with Crippen LogP contribution in [-0.2, 0) is 9.53 Å². The summed E-state index contributed by atoms with van der Waals surface area (Å²) < 4.78 is 4.72. The standard InChI is InChI=1S/C8H13NO2/c1-4-9-6-7(3)8(10)11-5-2/h4,6H,5H2,1-3H3/b7-6+,9-4?. The molecule has 0 spiro atoms. The summed E-state index contributed by atoms with van der Waals surface area (Å²) in [5, 5.41) is 0. The Labute approximate surface area is 66.8 Å². The van der Waals surface area contributed by atoms with Crippen LogP contribution < -0.4 is 0 Å². The molecule has 11 heavy (non-hydrogen) atoms. The van der Waals surface area contributed by atoms with Gasteiger partial charge in [0.2, 0.25) is 0 Å². The Hall–Kier alpha value is -1.12. The third kappa shape index (κ3) is 4.31. The van der Waals surface area contributed by atoms with Gasteiger partial charge in [0.05, 0.1) is 12.2 Å². The van der Waals surface area contributed by atoms with Crippen LogP contribution in [0.25, 0.3) is 0 Å². The molecule has 62 valence electrons. The zero-order valence-corrected chi connectivity index (χ0v) is 7.13. The van der Waals surface area contributed by atoms with Crippen molar-refractivity contribution in [1.82, 2.24) is 0 Å². The predicted octanol–water partition coefficient (Wildman–Crippen LogP) is 1.54. The zero-order valence-electron chi connectivity index (χ0n) is 7.13. The van der Waals surface area contributed by atoms with E-state index in [1.54, 1.807) is 27.0 Å². The lowest BCUT2D eigenvalue weighted by atomic mass is 10.3. The Morgan fingerprint density at radius 1 is 1.64 bits per heavy atom. The molecule has 0 aliphatic carbocycles. The number of nitrogens with zero attached hydrogens (tertiary/aromatic N) is 1. The van der Waals surface area contributed by atoms with Crippen molar-refractivity contribution in [2.75, 3.05) is 6.61 Å². The van der Waals surface area contributed by atoms with Crippen LogP contribution in [0.5, 0.6) is 0 Å². The van der Waals surface area contributed by atoms with Gasteiger partial charge in [-0.3, -0.25) is 4.99 Å². The van der Waals surface area contributed by atoms with E-state index in [-0.39, 0.29) is 5.97 Å². The van der Waals surface area contributed by atoms with E-state index in [1.165, 1.54) is 6.20 Å². The minimum absolute atomic E-state index is 0.307. The first-order valence-corrected chi connectivity index (χ1v) is 3.54. The topological polar surface area (TPSA) is 38.7 Å². The van der Waals surface area contributed by atoms with Gasteiger partial charge < -0.3 is 4.74 Å². The van der Waals surface area contributed by atoms with Crippen LogP contribution in [0.15, 0.2) is 16.8 Å². The zero-order chi connectivity index (χ0) is 8.69. The Morgan fingerprint density at radius 3 is 2.73 bits per heavy atom. The van der Waals surface area contributed by atoms with Gasteiger partial charge in [0.1, 0.15) is 0 Å². The Bertz CT molecular complexity index is 183. The number of carbonyl (C=O) groups is 1. The fraction of sp³-hybridized carbons (Fsp3) is 0.500. The van der Waals surface area contributed by atoms with E-state index in [2.05, 4.69) is 4.99 Å². The van der Waals surface area contributed by atoms with Crippen molar-refractivity contribution < 1.29 is 9.53 Å². The van der Waals surface area contributed by atoms with Crippen molar-refractivity contribution in [2.24, 2.45) is 4.99 Å². The average molecular weight is 155 g/mol. The maximum Gasteiger partial charge on any atom is 0.335 e. The lowest BCUT2D eigenvalue weighted by Crippen LogP contribution is -2.04. The Morgan fingerprint density at radius 2 is 2.27 bits per heavy atom. The smallest absolute Gasteiger partial charge is 0.335 e. The van der Waals surface area contributed by atoms with Crippen LogP contribution in [0.1, 0.15) is 20.8 Å². The van der Waals surface area contributed by atoms with E-state index in [1.807, 2.05) is 0 Å². The highest BCUT2D eigenvalue weighted by atomic mass is 16.5. The number of hydrogen-bond acceptors (Lipinski definition) is 3. The van der Waals surface area contributed by atoms with Gasteiger partial charge in [0.15, 0.2) is 0 Å². The van der Waals surface area contributed by atoms with Gasteiger partial charge in [-0.1, -0.05) is 0 Å². The highest BCUT2D eigenvalue weighted by Crippen LogP contribution is 1.95. The fourth-order valence-electron chi connectivity index (χ4n) is 0.484. The van der Waals surface area contributed by atoms with Crippen LogP contribution in [0.2, 0.25) is 0 Å². The fourth-order valence-corrected chi connectivity index (χ4v) is 0.484.